The molecule has 1 aromatic heterocycles. The van der Waals surface area contributed by atoms with Crippen LogP contribution in [0.2, 0.25) is 0 Å². The number of aliphatic hydroxyl groups is 1. The van der Waals surface area contributed by atoms with Crippen LogP contribution in [0.5, 0.6) is 0 Å². The van der Waals surface area contributed by atoms with Gasteiger partial charge in [0.25, 0.3) is 0 Å². The van der Waals surface area contributed by atoms with Crippen LogP contribution in [0.1, 0.15) is 28.6 Å². The number of ether oxygens (including phenoxy) is 1. The number of carbonyl (C=O) groups is 2. The first kappa shape index (κ1) is 28.7. The number of alkyl carbamates (subject to hydrolysis) is 1. The number of nitrogen functional groups attached to an aromatic ring is 1. The van der Waals surface area contributed by atoms with Crippen molar-refractivity contribution in [1.29, 1.82) is 0 Å². The molecule has 0 bridgehead atoms. The Labute approximate surface area is 215 Å². The van der Waals surface area contributed by atoms with E-state index in [9.17, 15) is 36.3 Å². The molecule has 1 atom stereocenters. The van der Waals surface area contributed by atoms with Crippen LogP contribution >= 0.6 is 11.3 Å². The van der Waals surface area contributed by atoms with Crippen LogP contribution in [-0.4, -0.2) is 62.6 Å². The normalized spacial score (nSPS) is 16.2. The van der Waals surface area contributed by atoms with Gasteiger partial charge in [-0.2, -0.15) is 4.31 Å². The van der Waals surface area contributed by atoms with Gasteiger partial charge in [0.05, 0.1) is 36.9 Å². The number of hydrogen-bond donors (Lipinski definition) is 4. The molecule has 0 saturated heterocycles. The summed E-state index contributed by atoms with van der Waals surface area (Å²) >= 11 is 1.10. The molecule has 5 N–H and O–H groups in total. The van der Waals surface area contributed by atoms with Crippen LogP contribution in [0.15, 0.2) is 35.2 Å². The summed E-state index contributed by atoms with van der Waals surface area (Å²) in [5, 5.41) is 15.0. The summed E-state index contributed by atoms with van der Waals surface area (Å²) in [6, 6.07) is 4.98. The third kappa shape index (κ3) is 7.12. The van der Waals surface area contributed by atoms with Gasteiger partial charge in [0.2, 0.25) is 21.9 Å². The van der Waals surface area contributed by atoms with Gasteiger partial charge in [-0.25, -0.2) is 26.4 Å². The minimum Gasteiger partial charge on any atom is -0.453 e. The topological polar surface area (TPSA) is 151 Å². The lowest BCUT2D eigenvalue weighted by Crippen LogP contribution is -2.46. The number of anilines is 1. The second-order valence-corrected chi connectivity index (χ2v) is 11.6. The second-order valence-electron chi connectivity index (χ2n) is 8.51. The van der Waals surface area contributed by atoms with E-state index in [1.54, 1.807) is 12.1 Å². The largest absolute Gasteiger partial charge is 0.453 e. The maximum absolute atomic E-state index is 14.1. The van der Waals surface area contributed by atoms with Gasteiger partial charge < -0.3 is 26.2 Å². The smallest absolute Gasteiger partial charge is 0.407 e. The molecule has 1 aromatic carbocycles. The fourth-order valence-corrected chi connectivity index (χ4v) is 6.64. The Hall–Kier alpha value is -2.88. The molecular formula is C22H27F3N4O6S2. The summed E-state index contributed by atoms with van der Waals surface area (Å²) in [4.78, 5) is 23.5. The highest BCUT2D eigenvalue weighted by molar-refractivity contribution is 7.89. The van der Waals surface area contributed by atoms with Gasteiger partial charge in [0, 0.05) is 29.1 Å². The number of nitrogens with two attached hydrogens (primary N) is 1. The van der Waals surface area contributed by atoms with E-state index in [1.165, 1.54) is 0 Å². The zero-order chi connectivity index (χ0) is 27.4. The molecule has 1 heterocycles. The van der Waals surface area contributed by atoms with Gasteiger partial charge in [0.15, 0.2) is 0 Å². The molecule has 2 amide bonds. The lowest BCUT2D eigenvalue weighted by Gasteiger charge is -2.39. The summed E-state index contributed by atoms with van der Waals surface area (Å²) in [5.41, 5.74) is 5.20. The summed E-state index contributed by atoms with van der Waals surface area (Å²) in [6.45, 7) is -1.25. The van der Waals surface area contributed by atoms with E-state index in [0.717, 1.165) is 41.0 Å². The highest BCUT2D eigenvalue weighted by atomic mass is 32.2. The molecule has 1 saturated carbocycles. The Morgan fingerprint density at radius 3 is 2.57 bits per heavy atom. The van der Waals surface area contributed by atoms with Crippen molar-refractivity contribution in [2.45, 2.75) is 36.2 Å². The number of carbonyl (C=O) groups excluding carboxylic acids is 2. The molecule has 0 unspecified atom stereocenters. The van der Waals surface area contributed by atoms with Crippen molar-refractivity contribution in [2.75, 3.05) is 32.5 Å². The van der Waals surface area contributed by atoms with Crippen molar-refractivity contribution in [1.82, 2.24) is 14.9 Å². The van der Waals surface area contributed by atoms with E-state index in [-0.39, 0.29) is 25.3 Å². The molecule has 3 rings (SSSR count). The number of methoxy groups -OCH3 is 1. The van der Waals surface area contributed by atoms with Crippen molar-refractivity contribution in [3.05, 3.63) is 45.9 Å². The van der Waals surface area contributed by atoms with Gasteiger partial charge in [0.1, 0.15) is 12.4 Å². The number of amides is 2. The minimum atomic E-state index is -4.43. The Morgan fingerprint density at radius 1 is 1.27 bits per heavy atom. The first-order valence-electron chi connectivity index (χ1n) is 11.1. The predicted octanol–water partition coefficient (Wildman–Crippen LogP) is 2.21. The Bertz CT molecular complexity index is 1230. The monoisotopic (exact) mass is 564 g/mol. The fourth-order valence-electron chi connectivity index (χ4n) is 3.83. The van der Waals surface area contributed by atoms with Crippen LogP contribution in [0.25, 0.3) is 0 Å². The lowest BCUT2D eigenvalue weighted by molar-refractivity contribution is -0.120. The molecule has 0 aliphatic heterocycles. The van der Waals surface area contributed by atoms with Crippen molar-refractivity contribution < 1.29 is 41.0 Å². The van der Waals surface area contributed by atoms with Crippen LogP contribution in [0.3, 0.4) is 0 Å². The van der Waals surface area contributed by atoms with Crippen molar-refractivity contribution in [2.24, 2.45) is 5.92 Å². The standard InChI is InChI=1S/C22H27F3N4O6S2/c1-35-21(32)28-10-20(31)27-9-14-2-5-19(36-14)18(12-30)29(11-13-7-22(24,25)8-13)37(33,34)15-3-4-17(26)16(23)6-15/h2-6,13,18,30H,7-12,26H2,1H3,(H,27,31)(H,28,32)/t18-/m1/s1. The molecule has 0 radical (unpaired) electrons. The van der Waals surface area contributed by atoms with E-state index in [0.29, 0.717) is 9.75 Å². The van der Waals surface area contributed by atoms with Crippen LogP contribution < -0.4 is 16.4 Å². The van der Waals surface area contributed by atoms with E-state index < -0.39 is 70.1 Å². The summed E-state index contributed by atoms with van der Waals surface area (Å²) in [6.07, 6.45) is -1.78. The third-order valence-electron chi connectivity index (χ3n) is 5.76. The molecule has 0 spiro atoms. The molecule has 10 nitrogen and oxygen atoms in total. The summed E-state index contributed by atoms with van der Waals surface area (Å²) in [5.74, 6) is -5.00. The molecule has 1 fully saturated rings. The lowest BCUT2D eigenvalue weighted by atomic mass is 9.81. The molecule has 15 heteroatoms. The summed E-state index contributed by atoms with van der Waals surface area (Å²) in [7, 11) is -3.27. The predicted molar refractivity (Wildman–Crippen MR) is 129 cm³/mol. The molecule has 204 valence electrons. The number of sulfonamides is 1. The number of rotatable bonds is 11. The maximum Gasteiger partial charge on any atom is 0.407 e. The number of aliphatic hydroxyl groups excluding tert-OH is 1. The highest BCUT2D eigenvalue weighted by Gasteiger charge is 2.48. The number of nitrogens with zero attached hydrogens (tertiary/aromatic N) is 1. The van der Waals surface area contributed by atoms with Gasteiger partial charge in [-0.3, -0.25) is 4.79 Å². The van der Waals surface area contributed by atoms with Crippen LogP contribution in [0, 0.1) is 11.7 Å². The van der Waals surface area contributed by atoms with Gasteiger partial charge in [-0.1, -0.05) is 0 Å². The minimum absolute atomic E-state index is 0.0509. The maximum atomic E-state index is 14.1. The number of hydrogen-bond acceptors (Lipinski definition) is 8. The average molecular weight is 565 g/mol. The number of alkyl halides is 2. The SMILES string of the molecule is COC(=O)NCC(=O)NCc1ccc([C@@H](CO)N(CC2CC(F)(F)C2)S(=O)(=O)c2ccc(N)c(F)c2)s1. The Balaban J connectivity index is 1.81. The summed E-state index contributed by atoms with van der Waals surface area (Å²) < 4.78 is 73.3. The molecule has 1 aliphatic rings. The van der Waals surface area contributed by atoms with Crippen molar-refractivity contribution in [3.8, 4) is 0 Å². The zero-order valence-electron chi connectivity index (χ0n) is 19.7. The second kappa shape index (κ2) is 11.7. The molecular weight excluding hydrogens is 537 g/mol. The van der Waals surface area contributed by atoms with E-state index in [4.69, 9.17) is 5.73 Å². The number of halogens is 3. The number of benzene rings is 1. The Kier molecular flexibility index (Phi) is 9.05. The van der Waals surface area contributed by atoms with Crippen LogP contribution in [0.4, 0.5) is 23.7 Å². The first-order chi connectivity index (χ1) is 17.4. The Morgan fingerprint density at radius 2 is 1.97 bits per heavy atom. The average Bonchev–Trinajstić information content (AvgIpc) is 3.30. The zero-order valence-corrected chi connectivity index (χ0v) is 21.4. The van der Waals surface area contributed by atoms with Crippen molar-refractivity contribution >= 4 is 39.0 Å². The quantitative estimate of drug-likeness (QED) is 0.306. The number of thiophene rings is 1. The fraction of sp³-hybridized carbons (Fsp3) is 0.455. The van der Waals surface area contributed by atoms with E-state index in [2.05, 4.69) is 15.4 Å². The third-order valence-corrected chi connectivity index (χ3v) is 8.82. The molecule has 1 aliphatic carbocycles. The first-order valence-corrected chi connectivity index (χ1v) is 13.3. The van der Waals surface area contributed by atoms with Crippen LogP contribution in [-0.2, 0) is 26.1 Å². The van der Waals surface area contributed by atoms with E-state index in [1.807, 2.05) is 0 Å². The number of nitrogens with one attached hydrogen (secondary N) is 2. The molecule has 37 heavy (non-hydrogen) atoms. The van der Waals surface area contributed by atoms with Gasteiger partial charge in [-0.15, -0.1) is 11.3 Å². The van der Waals surface area contributed by atoms with E-state index >= 15 is 0 Å². The van der Waals surface area contributed by atoms with Gasteiger partial charge in [-0.05, 0) is 36.2 Å². The van der Waals surface area contributed by atoms with Crippen molar-refractivity contribution in [3.63, 3.8) is 0 Å². The highest BCUT2D eigenvalue weighted by Crippen LogP contribution is 2.44. The van der Waals surface area contributed by atoms with Gasteiger partial charge >= 0.3 is 6.09 Å². The molecule has 2 aromatic rings.